The molecule has 0 spiro atoms. The van der Waals surface area contributed by atoms with Crippen molar-refractivity contribution in [3.8, 4) is 0 Å². The number of hydrogen-bond acceptors (Lipinski definition) is 3. The highest BCUT2D eigenvalue weighted by atomic mass is 16.6. The molecule has 0 bridgehead atoms. The number of nitrogens with one attached hydrogen (secondary N) is 1. The van der Waals surface area contributed by atoms with Gasteiger partial charge in [0, 0.05) is 18.6 Å². The Morgan fingerprint density at radius 1 is 1.21 bits per heavy atom. The van der Waals surface area contributed by atoms with E-state index < -0.39 is 5.60 Å². The summed E-state index contributed by atoms with van der Waals surface area (Å²) in [7, 11) is 2.04. The zero-order valence-corrected chi connectivity index (χ0v) is 12.7. The summed E-state index contributed by atoms with van der Waals surface area (Å²) in [6, 6.07) is 0.933. The number of carbonyl (C=O) groups excluding carboxylic acids is 1. The molecule has 1 N–H and O–H groups in total. The highest BCUT2D eigenvalue weighted by molar-refractivity contribution is 5.69. The monoisotopic (exact) mass is 268 g/mol. The Bertz CT molecular complexity index is 325. The van der Waals surface area contributed by atoms with Gasteiger partial charge >= 0.3 is 6.09 Å². The van der Waals surface area contributed by atoms with Gasteiger partial charge in [-0.1, -0.05) is 6.42 Å². The molecule has 0 aromatic carbocycles. The number of hydrogen-bond donors (Lipinski definition) is 1. The smallest absolute Gasteiger partial charge is 0.410 e. The summed E-state index contributed by atoms with van der Waals surface area (Å²) in [5, 5.41) is 3.42. The van der Waals surface area contributed by atoms with E-state index in [0.29, 0.717) is 18.0 Å². The van der Waals surface area contributed by atoms with Crippen LogP contribution in [0.15, 0.2) is 0 Å². The Morgan fingerprint density at radius 3 is 2.58 bits per heavy atom. The van der Waals surface area contributed by atoms with E-state index in [-0.39, 0.29) is 6.09 Å². The van der Waals surface area contributed by atoms with Crippen LogP contribution in [-0.4, -0.2) is 42.3 Å². The Balaban J connectivity index is 2.02. The van der Waals surface area contributed by atoms with Gasteiger partial charge in [0.25, 0.3) is 0 Å². The van der Waals surface area contributed by atoms with E-state index in [1.807, 2.05) is 32.7 Å². The van der Waals surface area contributed by atoms with E-state index in [4.69, 9.17) is 4.74 Å². The van der Waals surface area contributed by atoms with Crippen LogP contribution in [0.4, 0.5) is 4.79 Å². The maximum atomic E-state index is 12.3. The van der Waals surface area contributed by atoms with E-state index in [1.54, 1.807) is 0 Å². The minimum Gasteiger partial charge on any atom is -0.444 e. The van der Waals surface area contributed by atoms with Crippen molar-refractivity contribution in [2.24, 2.45) is 5.92 Å². The standard InChI is InChI=1S/C15H28N2O2/c1-15(2,3)19-14(18)17-10-6-9-13(17)11-7-5-8-12(11)16-4/h11-13,16H,5-10H2,1-4H3. The minimum absolute atomic E-state index is 0.128. The van der Waals surface area contributed by atoms with Crippen LogP contribution in [-0.2, 0) is 4.74 Å². The van der Waals surface area contributed by atoms with Crippen LogP contribution in [0.3, 0.4) is 0 Å². The third-order valence-electron chi connectivity index (χ3n) is 4.36. The van der Waals surface area contributed by atoms with Crippen LogP contribution < -0.4 is 5.32 Å². The predicted molar refractivity (Wildman–Crippen MR) is 76.2 cm³/mol. The summed E-state index contributed by atoms with van der Waals surface area (Å²) in [5.74, 6) is 0.597. The van der Waals surface area contributed by atoms with Crippen molar-refractivity contribution >= 4 is 6.09 Å². The lowest BCUT2D eigenvalue weighted by atomic mass is 9.92. The molecule has 110 valence electrons. The summed E-state index contributed by atoms with van der Waals surface area (Å²) >= 11 is 0. The first-order valence-electron chi connectivity index (χ1n) is 7.59. The second-order valence-electron chi connectivity index (χ2n) is 6.87. The van der Waals surface area contributed by atoms with E-state index >= 15 is 0 Å². The summed E-state index contributed by atoms with van der Waals surface area (Å²) in [6.07, 6.45) is 5.85. The van der Waals surface area contributed by atoms with Crippen molar-refractivity contribution in [1.29, 1.82) is 0 Å². The van der Waals surface area contributed by atoms with Crippen molar-refractivity contribution in [2.75, 3.05) is 13.6 Å². The Labute approximate surface area is 116 Å². The topological polar surface area (TPSA) is 41.6 Å². The van der Waals surface area contributed by atoms with Crippen LogP contribution in [0.2, 0.25) is 0 Å². The summed E-state index contributed by atoms with van der Waals surface area (Å²) in [4.78, 5) is 14.3. The first-order chi connectivity index (χ1) is 8.92. The fourth-order valence-corrected chi connectivity index (χ4v) is 3.59. The third-order valence-corrected chi connectivity index (χ3v) is 4.36. The quantitative estimate of drug-likeness (QED) is 0.837. The molecule has 19 heavy (non-hydrogen) atoms. The van der Waals surface area contributed by atoms with Gasteiger partial charge in [-0.2, -0.15) is 0 Å². The minimum atomic E-state index is -0.400. The second kappa shape index (κ2) is 5.70. The average Bonchev–Trinajstić information content (AvgIpc) is 2.94. The molecule has 0 aromatic rings. The van der Waals surface area contributed by atoms with Gasteiger partial charge in [0.15, 0.2) is 0 Å². The van der Waals surface area contributed by atoms with Crippen LogP contribution >= 0.6 is 0 Å². The molecule has 1 aliphatic heterocycles. The van der Waals surface area contributed by atoms with Crippen LogP contribution in [0.5, 0.6) is 0 Å². The highest BCUT2D eigenvalue weighted by Gasteiger charge is 2.41. The normalized spacial score (nSPS) is 31.8. The zero-order chi connectivity index (χ0) is 14.0. The van der Waals surface area contributed by atoms with Gasteiger partial charge < -0.3 is 15.0 Å². The van der Waals surface area contributed by atoms with E-state index in [2.05, 4.69) is 5.32 Å². The maximum absolute atomic E-state index is 12.3. The Morgan fingerprint density at radius 2 is 1.95 bits per heavy atom. The number of carbonyl (C=O) groups is 1. The molecule has 0 aromatic heterocycles. The molecule has 3 unspecified atom stereocenters. The molecule has 2 rings (SSSR count). The molecule has 1 saturated carbocycles. The zero-order valence-electron chi connectivity index (χ0n) is 12.7. The SMILES string of the molecule is CNC1CCCC1C1CCCN1C(=O)OC(C)(C)C. The Kier molecular flexibility index (Phi) is 4.39. The summed E-state index contributed by atoms with van der Waals surface area (Å²) < 4.78 is 5.55. The molecular formula is C15H28N2O2. The van der Waals surface area contributed by atoms with Crippen molar-refractivity contribution in [3.05, 3.63) is 0 Å². The van der Waals surface area contributed by atoms with Crippen molar-refractivity contribution in [3.63, 3.8) is 0 Å². The molecular weight excluding hydrogens is 240 g/mol. The van der Waals surface area contributed by atoms with Crippen LogP contribution in [0.25, 0.3) is 0 Å². The fourth-order valence-electron chi connectivity index (χ4n) is 3.59. The molecule has 1 heterocycles. The summed E-state index contributed by atoms with van der Waals surface area (Å²) in [5.41, 5.74) is -0.400. The molecule has 2 fully saturated rings. The largest absolute Gasteiger partial charge is 0.444 e. The molecule has 1 amide bonds. The van der Waals surface area contributed by atoms with Gasteiger partial charge in [-0.05, 0) is 59.4 Å². The number of rotatable bonds is 2. The van der Waals surface area contributed by atoms with Gasteiger partial charge in [0.05, 0.1) is 0 Å². The molecule has 1 saturated heterocycles. The van der Waals surface area contributed by atoms with Crippen molar-refractivity contribution < 1.29 is 9.53 Å². The molecule has 4 heteroatoms. The lowest BCUT2D eigenvalue weighted by Gasteiger charge is -2.34. The fraction of sp³-hybridized carbons (Fsp3) is 0.933. The van der Waals surface area contributed by atoms with Crippen LogP contribution in [0.1, 0.15) is 52.9 Å². The first kappa shape index (κ1) is 14.6. The molecule has 4 nitrogen and oxygen atoms in total. The number of nitrogens with zero attached hydrogens (tertiary/aromatic N) is 1. The summed E-state index contributed by atoms with van der Waals surface area (Å²) in [6.45, 7) is 6.65. The van der Waals surface area contributed by atoms with Gasteiger partial charge in [0.2, 0.25) is 0 Å². The molecule has 3 atom stereocenters. The number of ether oxygens (including phenoxy) is 1. The van der Waals surface area contributed by atoms with Crippen molar-refractivity contribution in [1.82, 2.24) is 10.2 Å². The lowest BCUT2D eigenvalue weighted by molar-refractivity contribution is 0.0168. The first-order valence-corrected chi connectivity index (χ1v) is 7.59. The third kappa shape index (κ3) is 3.41. The molecule has 1 aliphatic carbocycles. The van der Waals surface area contributed by atoms with Crippen LogP contribution in [0, 0.1) is 5.92 Å². The van der Waals surface area contributed by atoms with Gasteiger partial charge in [-0.25, -0.2) is 4.79 Å². The highest BCUT2D eigenvalue weighted by Crippen LogP contribution is 2.36. The average molecular weight is 268 g/mol. The number of likely N-dealkylation sites (tertiary alicyclic amines) is 1. The Hall–Kier alpha value is -0.770. The van der Waals surface area contributed by atoms with E-state index in [0.717, 1.165) is 19.4 Å². The van der Waals surface area contributed by atoms with Gasteiger partial charge in [-0.3, -0.25) is 0 Å². The molecule has 2 aliphatic rings. The number of amides is 1. The maximum Gasteiger partial charge on any atom is 0.410 e. The second-order valence-corrected chi connectivity index (χ2v) is 6.87. The van der Waals surface area contributed by atoms with Gasteiger partial charge in [0.1, 0.15) is 5.60 Å². The van der Waals surface area contributed by atoms with Crippen molar-refractivity contribution in [2.45, 2.75) is 70.6 Å². The van der Waals surface area contributed by atoms with Gasteiger partial charge in [-0.15, -0.1) is 0 Å². The van der Waals surface area contributed by atoms with E-state index in [1.165, 1.54) is 19.3 Å². The lowest BCUT2D eigenvalue weighted by Crippen LogP contribution is -2.47. The predicted octanol–water partition coefficient (Wildman–Crippen LogP) is 2.77. The van der Waals surface area contributed by atoms with E-state index in [9.17, 15) is 4.79 Å². The molecule has 0 radical (unpaired) electrons.